The van der Waals surface area contributed by atoms with Gasteiger partial charge < -0.3 is 16.2 Å². The lowest BCUT2D eigenvalue weighted by molar-refractivity contribution is -0.137. The summed E-state index contributed by atoms with van der Waals surface area (Å²) in [4.78, 5) is 22.5. The number of hydrogen-bond donors (Lipinski definition) is 3. The summed E-state index contributed by atoms with van der Waals surface area (Å²) in [7, 11) is 0. The number of amides is 1. The zero-order valence-corrected chi connectivity index (χ0v) is 13.2. The van der Waals surface area contributed by atoms with E-state index in [2.05, 4.69) is 19.2 Å². The minimum atomic E-state index is -0.915. The maximum atomic E-state index is 12.0. The molecule has 2 fully saturated rings. The second kappa shape index (κ2) is 5.95. The van der Waals surface area contributed by atoms with E-state index in [1.165, 1.54) is 25.7 Å². The summed E-state index contributed by atoms with van der Waals surface area (Å²) in [6.45, 7) is 5.27. The van der Waals surface area contributed by atoms with Crippen LogP contribution in [0.4, 0.5) is 0 Å². The van der Waals surface area contributed by atoms with Gasteiger partial charge in [0.25, 0.3) is 0 Å². The van der Waals surface area contributed by atoms with Gasteiger partial charge in [-0.25, -0.2) is 0 Å². The minimum absolute atomic E-state index is 0.0635. The van der Waals surface area contributed by atoms with Crippen molar-refractivity contribution < 1.29 is 14.7 Å². The van der Waals surface area contributed by atoms with Crippen molar-refractivity contribution in [2.75, 3.05) is 6.54 Å². The summed E-state index contributed by atoms with van der Waals surface area (Å²) < 4.78 is 0. The number of rotatable bonds is 6. The molecule has 2 rings (SSSR count). The number of carboxylic acid groups (broad SMARTS) is 1. The molecule has 4 unspecified atom stereocenters. The quantitative estimate of drug-likeness (QED) is 0.698. The van der Waals surface area contributed by atoms with Gasteiger partial charge in [-0.3, -0.25) is 9.59 Å². The topological polar surface area (TPSA) is 92.4 Å². The molecule has 4 N–H and O–H groups in total. The molecule has 4 atom stereocenters. The van der Waals surface area contributed by atoms with Gasteiger partial charge in [-0.2, -0.15) is 0 Å². The summed E-state index contributed by atoms with van der Waals surface area (Å²) in [5.74, 6) is -0.339. The van der Waals surface area contributed by atoms with Crippen LogP contribution >= 0.6 is 0 Å². The molecule has 5 nitrogen and oxygen atoms in total. The number of aliphatic carboxylic acids is 1. The Morgan fingerprint density at radius 3 is 2.71 bits per heavy atom. The number of fused-ring (bicyclic) bond motifs is 2. The first-order chi connectivity index (χ1) is 9.71. The van der Waals surface area contributed by atoms with E-state index in [0.717, 1.165) is 12.3 Å². The third kappa shape index (κ3) is 4.19. The van der Waals surface area contributed by atoms with Crippen molar-refractivity contribution in [2.24, 2.45) is 22.5 Å². The second-order valence-electron chi connectivity index (χ2n) is 7.87. The maximum absolute atomic E-state index is 12.0. The molecule has 0 aromatic rings. The SMILES string of the molecule is CC12CCC(C1)CC(C)(CNC(=O)C(N)CCC(=O)O)C2. The van der Waals surface area contributed by atoms with Crippen molar-refractivity contribution in [3.8, 4) is 0 Å². The molecule has 0 aromatic carbocycles. The van der Waals surface area contributed by atoms with Crippen molar-refractivity contribution in [1.82, 2.24) is 5.32 Å². The highest BCUT2D eigenvalue weighted by atomic mass is 16.4. The second-order valence-corrected chi connectivity index (χ2v) is 7.87. The molecule has 0 radical (unpaired) electrons. The summed E-state index contributed by atoms with van der Waals surface area (Å²) >= 11 is 0. The molecule has 2 aliphatic carbocycles. The molecule has 2 bridgehead atoms. The Morgan fingerprint density at radius 1 is 1.38 bits per heavy atom. The molecule has 2 aliphatic rings. The van der Waals surface area contributed by atoms with Crippen LogP contribution in [-0.2, 0) is 9.59 Å². The average Bonchev–Trinajstić information content (AvgIpc) is 2.67. The van der Waals surface area contributed by atoms with E-state index >= 15 is 0 Å². The molecule has 0 heterocycles. The van der Waals surface area contributed by atoms with Gasteiger partial charge in [0, 0.05) is 13.0 Å². The lowest BCUT2D eigenvalue weighted by Gasteiger charge is -2.43. The zero-order valence-electron chi connectivity index (χ0n) is 13.2. The highest BCUT2D eigenvalue weighted by molar-refractivity contribution is 5.82. The number of nitrogens with two attached hydrogens (primary N) is 1. The molecular weight excluding hydrogens is 268 g/mol. The molecule has 2 saturated carbocycles. The highest BCUT2D eigenvalue weighted by Crippen LogP contribution is 2.57. The van der Waals surface area contributed by atoms with Gasteiger partial charge in [-0.1, -0.05) is 13.8 Å². The van der Waals surface area contributed by atoms with Crippen LogP contribution in [0.3, 0.4) is 0 Å². The van der Waals surface area contributed by atoms with E-state index in [1.54, 1.807) is 0 Å². The van der Waals surface area contributed by atoms with Crippen LogP contribution in [0.15, 0.2) is 0 Å². The lowest BCUT2D eigenvalue weighted by Crippen LogP contribution is -2.47. The summed E-state index contributed by atoms with van der Waals surface area (Å²) in [5.41, 5.74) is 6.33. The van der Waals surface area contributed by atoms with Gasteiger partial charge >= 0.3 is 5.97 Å². The number of hydrogen-bond acceptors (Lipinski definition) is 3. The summed E-state index contributed by atoms with van der Waals surface area (Å²) in [6, 6.07) is -0.722. The standard InChI is InChI=1S/C16H28N2O3/c1-15-6-5-11(7-15)8-16(2,9-15)10-18-14(21)12(17)3-4-13(19)20/h11-12H,3-10,17H2,1-2H3,(H,18,21)(H,19,20). The van der Waals surface area contributed by atoms with E-state index in [9.17, 15) is 9.59 Å². The fraction of sp³-hybridized carbons (Fsp3) is 0.875. The monoisotopic (exact) mass is 296 g/mol. The van der Waals surface area contributed by atoms with E-state index in [-0.39, 0.29) is 24.2 Å². The molecule has 0 spiro atoms. The molecule has 0 aliphatic heterocycles. The smallest absolute Gasteiger partial charge is 0.303 e. The van der Waals surface area contributed by atoms with Crippen LogP contribution in [0.2, 0.25) is 0 Å². The fourth-order valence-electron chi connectivity index (χ4n) is 4.56. The largest absolute Gasteiger partial charge is 0.481 e. The zero-order chi connectivity index (χ0) is 15.7. The van der Waals surface area contributed by atoms with Crippen LogP contribution < -0.4 is 11.1 Å². The van der Waals surface area contributed by atoms with Crippen LogP contribution in [0.5, 0.6) is 0 Å². The summed E-state index contributed by atoms with van der Waals surface area (Å²) in [5, 5.41) is 11.6. The van der Waals surface area contributed by atoms with E-state index in [4.69, 9.17) is 10.8 Å². The first-order valence-electron chi connectivity index (χ1n) is 7.97. The predicted octanol–water partition coefficient (Wildman–Crippen LogP) is 1.90. The van der Waals surface area contributed by atoms with Crippen LogP contribution in [0, 0.1) is 16.7 Å². The normalized spacial score (nSPS) is 36.2. The van der Waals surface area contributed by atoms with Crippen molar-refractivity contribution in [3.05, 3.63) is 0 Å². The third-order valence-corrected chi connectivity index (χ3v) is 5.27. The third-order valence-electron chi connectivity index (χ3n) is 5.27. The predicted molar refractivity (Wildman–Crippen MR) is 80.6 cm³/mol. The van der Waals surface area contributed by atoms with Crippen LogP contribution in [0.1, 0.15) is 58.8 Å². The number of carboxylic acids is 1. The Morgan fingerprint density at radius 2 is 2.10 bits per heavy atom. The lowest BCUT2D eigenvalue weighted by atomic mass is 9.64. The minimum Gasteiger partial charge on any atom is -0.481 e. The Labute approximate surface area is 126 Å². The first-order valence-corrected chi connectivity index (χ1v) is 7.97. The van der Waals surface area contributed by atoms with Crippen molar-refractivity contribution in [1.29, 1.82) is 0 Å². The van der Waals surface area contributed by atoms with Gasteiger partial charge in [0.1, 0.15) is 0 Å². The van der Waals surface area contributed by atoms with Gasteiger partial charge in [0.05, 0.1) is 6.04 Å². The average molecular weight is 296 g/mol. The molecule has 0 saturated heterocycles. The molecule has 120 valence electrons. The summed E-state index contributed by atoms with van der Waals surface area (Å²) in [6.07, 6.45) is 6.41. The highest BCUT2D eigenvalue weighted by Gasteiger charge is 2.47. The first kappa shape index (κ1) is 16.3. The molecule has 5 heteroatoms. The number of carbonyl (C=O) groups excluding carboxylic acids is 1. The van der Waals surface area contributed by atoms with Crippen molar-refractivity contribution in [3.63, 3.8) is 0 Å². The van der Waals surface area contributed by atoms with Gasteiger partial charge in [0.2, 0.25) is 5.91 Å². The van der Waals surface area contributed by atoms with E-state index in [0.29, 0.717) is 12.0 Å². The van der Waals surface area contributed by atoms with E-state index in [1.807, 2.05) is 0 Å². The van der Waals surface area contributed by atoms with Crippen LogP contribution in [0.25, 0.3) is 0 Å². The van der Waals surface area contributed by atoms with E-state index < -0.39 is 12.0 Å². The maximum Gasteiger partial charge on any atom is 0.303 e. The van der Waals surface area contributed by atoms with Crippen molar-refractivity contribution in [2.45, 2.75) is 64.8 Å². The number of nitrogens with one attached hydrogen (secondary N) is 1. The van der Waals surface area contributed by atoms with Gasteiger partial charge in [-0.05, 0) is 55.3 Å². The Balaban J connectivity index is 1.82. The van der Waals surface area contributed by atoms with Gasteiger partial charge in [-0.15, -0.1) is 0 Å². The van der Waals surface area contributed by atoms with Crippen LogP contribution in [-0.4, -0.2) is 29.6 Å². The van der Waals surface area contributed by atoms with Crippen molar-refractivity contribution >= 4 is 11.9 Å². The number of carbonyl (C=O) groups is 2. The molecule has 21 heavy (non-hydrogen) atoms. The molecule has 0 aromatic heterocycles. The molecular formula is C16H28N2O3. The Bertz CT molecular complexity index is 426. The fourth-order valence-corrected chi connectivity index (χ4v) is 4.56. The Kier molecular flexibility index (Phi) is 4.61. The van der Waals surface area contributed by atoms with Gasteiger partial charge in [0.15, 0.2) is 0 Å². The molecule has 1 amide bonds. The Hall–Kier alpha value is -1.10.